The lowest BCUT2D eigenvalue weighted by Gasteiger charge is -2.21. The van der Waals surface area contributed by atoms with E-state index in [2.05, 4.69) is 28.1 Å². The minimum atomic E-state index is 0.358. The van der Waals surface area contributed by atoms with Gasteiger partial charge in [0.2, 0.25) is 0 Å². The Kier molecular flexibility index (Phi) is 3.43. The maximum absolute atomic E-state index is 5.22. The van der Waals surface area contributed by atoms with Crippen LogP contribution in [0.3, 0.4) is 0 Å². The molecule has 1 aliphatic carbocycles. The summed E-state index contributed by atoms with van der Waals surface area (Å²) in [6.45, 7) is 0. The number of allylic oxidation sites excluding steroid dienone is 1. The molecule has 0 saturated heterocycles. The summed E-state index contributed by atoms with van der Waals surface area (Å²) >= 11 is 3.48. The van der Waals surface area contributed by atoms with E-state index in [4.69, 9.17) is 4.74 Å². The van der Waals surface area contributed by atoms with Crippen molar-refractivity contribution < 1.29 is 4.74 Å². The van der Waals surface area contributed by atoms with Crippen molar-refractivity contribution in [3.63, 3.8) is 0 Å². The third-order valence-corrected chi connectivity index (χ3v) is 2.82. The fraction of sp³-hybridized carbons (Fsp3) is 0.750. The minimum absolute atomic E-state index is 0.358. The molecule has 2 unspecified atom stereocenters. The Hall–Kier alpha value is 0.180. The van der Waals surface area contributed by atoms with Gasteiger partial charge in [0.15, 0.2) is 0 Å². The van der Waals surface area contributed by atoms with Gasteiger partial charge in [0, 0.05) is 12.4 Å². The summed E-state index contributed by atoms with van der Waals surface area (Å²) in [5.41, 5.74) is 0. The van der Waals surface area contributed by atoms with Crippen molar-refractivity contribution in [1.82, 2.24) is 0 Å². The van der Waals surface area contributed by atoms with Crippen LogP contribution < -0.4 is 0 Å². The van der Waals surface area contributed by atoms with Crippen LogP contribution in [0.4, 0.5) is 0 Å². The molecule has 0 heterocycles. The van der Waals surface area contributed by atoms with Gasteiger partial charge in [0.05, 0.1) is 6.10 Å². The molecule has 0 bridgehead atoms. The predicted molar refractivity (Wildman–Crippen MR) is 46.5 cm³/mol. The summed E-state index contributed by atoms with van der Waals surface area (Å²) in [6, 6.07) is 0. The third kappa shape index (κ3) is 2.10. The number of rotatable bonds is 2. The molecule has 1 rings (SSSR count). The van der Waals surface area contributed by atoms with Crippen LogP contribution in [0.1, 0.15) is 12.8 Å². The average Bonchev–Trinajstić information content (AvgIpc) is 2.05. The fourth-order valence-corrected chi connectivity index (χ4v) is 1.76. The van der Waals surface area contributed by atoms with Crippen molar-refractivity contribution in [3.8, 4) is 0 Å². The number of methoxy groups -OCH3 is 1. The van der Waals surface area contributed by atoms with E-state index < -0.39 is 0 Å². The lowest BCUT2D eigenvalue weighted by atomic mass is 10.8. The van der Waals surface area contributed by atoms with Gasteiger partial charge in [-0.1, -0.05) is 28.1 Å². The van der Waals surface area contributed by atoms with Crippen LogP contribution in [0, 0.1) is 5.92 Å². The number of ether oxygens (including phenoxy) is 1. The Morgan fingerprint density at radius 1 is 1.70 bits per heavy atom. The standard InChI is InChI=1S/C8H13BrO/c1-10-8-4-2-3-7(5-8)6-9/h2,4,7-8H,3,5-6H2,1H3/i2+1,3+1,4+1,5+1,7+1,8+1. The van der Waals surface area contributed by atoms with Gasteiger partial charge in [-0.2, -0.15) is 0 Å². The van der Waals surface area contributed by atoms with Gasteiger partial charge in [0.1, 0.15) is 0 Å². The lowest BCUT2D eigenvalue weighted by Crippen LogP contribution is -2.18. The highest BCUT2D eigenvalue weighted by Crippen LogP contribution is 2.21. The van der Waals surface area contributed by atoms with Crippen molar-refractivity contribution >= 4 is 15.9 Å². The third-order valence-electron chi connectivity index (χ3n) is 1.91. The smallest absolute Gasteiger partial charge is 0.0755 e. The highest BCUT2D eigenvalue weighted by Gasteiger charge is 2.15. The second-order valence-electron chi connectivity index (χ2n) is 2.69. The molecule has 0 N–H and O–H groups in total. The maximum atomic E-state index is 5.22. The predicted octanol–water partition coefficient (Wildman–Crippen LogP) is 2.36. The minimum Gasteiger partial charge on any atom is -0.377 e. The van der Waals surface area contributed by atoms with Crippen LogP contribution in [0.2, 0.25) is 0 Å². The molecule has 1 nitrogen and oxygen atoms in total. The molecule has 0 spiro atoms. The zero-order chi connectivity index (χ0) is 7.40. The molecule has 0 aromatic heterocycles. The first-order valence-electron chi connectivity index (χ1n) is 3.62. The maximum Gasteiger partial charge on any atom is 0.0755 e. The van der Waals surface area contributed by atoms with Gasteiger partial charge in [-0.05, 0) is 18.8 Å². The monoisotopic (exact) mass is 210 g/mol. The topological polar surface area (TPSA) is 9.23 Å². The molecule has 10 heavy (non-hydrogen) atoms. The van der Waals surface area contributed by atoms with Crippen molar-refractivity contribution in [2.45, 2.75) is 18.9 Å². The largest absolute Gasteiger partial charge is 0.377 e. The van der Waals surface area contributed by atoms with Crippen molar-refractivity contribution in [2.24, 2.45) is 5.92 Å². The first kappa shape index (κ1) is 8.28. The number of hydrogen-bond donors (Lipinski definition) is 0. The Balaban J connectivity index is 2.38. The molecular formula is C8H13BrO. The SMILES string of the molecule is CO[13CH]1[13CH]=[13CH][13CH2][13CH](CBr)[13CH2]1. The molecule has 2 heteroatoms. The highest BCUT2D eigenvalue weighted by molar-refractivity contribution is 9.09. The van der Waals surface area contributed by atoms with E-state index in [0.29, 0.717) is 6.10 Å². The van der Waals surface area contributed by atoms with Crippen molar-refractivity contribution in [2.75, 3.05) is 12.4 Å². The summed E-state index contributed by atoms with van der Waals surface area (Å²) in [4.78, 5) is 0. The first-order chi connectivity index (χ1) is 4.86. The molecule has 2 atom stereocenters. The highest BCUT2D eigenvalue weighted by atomic mass is 79.9. The second-order valence-corrected chi connectivity index (χ2v) is 3.34. The van der Waals surface area contributed by atoms with Crippen LogP contribution in [0.15, 0.2) is 12.2 Å². The molecule has 0 radical (unpaired) electrons. The van der Waals surface area contributed by atoms with E-state index in [9.17, 15) is 0 Å². The molecule has 0 amide bonds. The number of hydrogen-bond acceptors (Lipinski definition) is 1. The van der Waals surface area contributed by atoms with Crippen LogP contribution in [-0.4, -0.2) is 18.5 Å². The molecule has 0 fully saturated rings. The molecule has 58 valence electrons. The molecular weight excluding hydrogens is 198 g/mol. The molecule has 0 aliphatic heterocycles. The Bertz CT molecular complexity index is 122. The summed E-state index contributed by atoms with van der Waals surface area (Å²) in [7, 11) is 1.77. The Morgan fingerprint density at radius 2 is 2.50 bits per heavy atom. The van der Waals surface area contributed by atoms with Crippen LogP contribution >= 0.6 is 15.9 Å². The zero-order valence-electron chi connectivity index (χ0n) is 6.22. The normalized spacial score (nSPS) is 32.6. The summed E-state index contributed by atoms with van der Waals surface area (Å²) in [6.07, 6.45) is 7.09. The molecule has 1 aliphatic rings. The number of halogens is 1. The van der Waals surface area contributed by atoms with Gasteiger partial charge in [-0.25, -0.2) is 0 Å². The van der Waals surface area contributed by atoms with E-state index in [0.717, 1.165) is 17.7 Å². The summed E-state index contributed by atoms with van der Waals surface area (Å²) in [5, 5.41) is 1.09. The van der Waals surface area contributed by atoms with Crippen molar-refractivity contribution in [3.05, 3.63) is 12.2 Å². The van der Waals surface area contributed by atoms with Crippen LogP contribution in [0.25, 0.3) is 0 Å². The molecule has 0 saturated carbocycles. The lowest BCUT2D eigenvalue weighted by molar-refractivity contribution is 0.115. The van der Waals surface area contributed by atoms with Crippen molar-refractivity contribution in [1.29, 1.82) is 0 Å². The van der Waals surface area contributed by atoms with E-state index in [1.807, 2.05) is 0 Å². The van der Waals surface area contributed by atoms with Gasteiger partial charge in [0.25, 0.3) is 0 Å². The zero-order valence-corrected chi connectivity index (χ0v) is 7.80. The second kappa shape index (κ2) is 4.14. The fourth-order valence-electron chi connectivity index (χ4n) is 1.23. The van der Waals surface area contributed by atoms with Gasteiger partial charge >= 0.3 is 0 Å². The van der Waals surface area contributed by atoms with Gasteiger partial charge < -0.3 is 4.74 Å². The summed E-state index contributed by atoms with van der Waals surface area (Å²) in [5.74, 6) is 0.773. The van der Waals surface area contributed by atoms with Crippen LogP contribution in [-0.2, 0) is 4.74 Å². The van der Waals surface area contributed by atoms with E-state index in [-0.39, 0.29) is 0 Å². The van der Waals surface area contributed by atoms with Crippen LogP contribution in [0.5, 0.6) is 0 Å². The quantitative estimate of drug-likeness (QED) is 0.387. The average molecular weight is 211 g/mol. The molecule has 0 aromatic rings. The number of alkyl halides is 1. The van der Waals surface area contributed by atoms with E-state index in [1.165, 1.54) is 6.42 Å². The first-order valence-corrected chi connectivity index (χ1v) is 4.74. The van der Waals surface area contributed by atoms with Gasteiger partial charge in [-0.3, -0.25) is 0 Å². The molecule has 0 aromatic carbocycles. The Morgan fingerprint density at radius 3 is 3.10 bits per heavy atom. The Labute approximate surface area is 70.6 Å². The van der Waals surface area contributed by atoms with Gasteiger partial charge in [-0.15, -0.1) is 0 Å². The van der Waals surface area contributed by atoms with E-state index >= 15 is 0 Å². The van der Waals surface area contributed by atoms with E-state index in [1.54, 1.807) is 7.11 Å². The summed E-state index contributed by atoms with van der Waals surface area (Å²) < 4.78 is 5.22.